The molecule has 6 heteroatoms. The van der Waals surface area contributed by atoms with Gasteiger partial charge in [-0.05, 0) is 18.2 Å². The van der Waals surface area contributed by atoms with Crippen LogP contribution in [-0.4, -0.2) is 20.0 Å². The third-order valence-corrected chi connectivity index (χ3v) is 2.12. The fourth-order valence-electron chi connectivity index (χ4n) is 1.39. The summed E-state index contributed by atoms with van der Waals surface area (Å²) >= 11 is 0. The number of hydrogen-bond acceptors (Lipinski definition) is 2. The van der Waals surface area contributed by atoms with E-state index in [1.165, 1.54) is 13.0 Å². The average Bonchev–Trinajstić information content (AvgIpc) is 2.14. The predicted octanol–water partition coefficient (Wildman–Crippen LogP) is 2.73. The molecule has 0 radical (unpaired) electrons. The van der Waals surface area contributed by atoms with E-state index in [1.54, 1.807) is 19.0 Å². The monoisotopic (exact) mass is 246 g/mol. The van der Waals surface area contributed by atoms with Gasteiger partial charge in [-0.15, -0.1) is 0 Å². The molecule has 0 unspecified atom stereocenters. The van der Waals surface area contributed by atoms with Gasteiger partial charge in [0.2, 0.25) is 5.91 Å². The minimum Gasteiger partial charge on any atom is -0.376 e. The second-order valence-electron chi connectivity index (χ2n) is 3.81. The van der Waals surface area contributed by atoms with Crippen molar-refractivity contribution in [2.75, 3.05) is 24.3 Å². The summed E-state index contributed by atoms with van der Waals surface area (Å²) in [7, 11) is 3.38. The van der Waals surface area contributed by atoms with E-state index < -0.39 is 17.6 Å². The van der Waals surface area contributed by atoms with Gasteiger partial charge in [0.25, 0.3) is 0 Å². The molecule has 0 aromatic heterocycles. The number of hydrogen-bond donors (Lipinski definition) is 1. The lowest BCUT2D eigenvalue weighted by Gasteiger charge is -2.19. The summed E-state index contributed by atoms with van der Waals surface area (Å²) in [4.78, 5) is 12.6. The molecule has 1 aromatic carbocycles. The van der Waals surface area contributed by atoms with Crippen LogP contribution >= 0.6 is 0 Å². The summed E-state index contributed by atoms with van der Waals surface area (Å²) in [6.45, 7) is 1.25. The number of anilines is 2. The van der Waals surface area contributed by atoms with Gasteiger partial charge in [0.15, 0.2) is 0 Å². The quantitative estimate of drug-likeness (QED) is 0.870. The van der Waals surface area contributed by atoms with E-state index in [1.807, 2.05) is 0 Å². The van der Waals surface area contributed by atoms with E-state index in [4.69, 9.17) is 0 Å². The van der Waals surface area contributed by atoms with Crippen LogP contribution in [0.4, 0.5) is 24.5 Å². The van der Waals surface area contributed by atoms with Gasteiger partial charge in [0.05, 0.1) is 16.9 Å². The Morgan fingerprint density at radius 2 is 1.88 bits per heavy atom. The number of carbonyl (C=O) groups excluding carboxylic acids is 1. The molecular formula is C11H13F3N2O. The summed E-state index contributed by atoms with van der Waals surface area (Å²) in [5, 5.41) is 2.39. The highest BCUT2D eigenvalue weighted by atomic mass is 19.4. The molecule has 0 bridgehead atoms. The van der Waals surface area contributed by atoms with Gasteiger partial charge in [0, 0.05) is 21.0 Å². The van der Waals surface area contributed by atoms with Crippen LogP contribution in [0.25, 0.3) is 0 Å². The molecule has 1 amide bonds. The normalized spacial score (nSPS) is 11.2. The van der Waals surface area contributed by atoms with Crippen LogP contribution in [0, 0.1) is 0 Å². The summed E-state index contributed by atoms with van der Waals surface area (Å²) in [5.41, 5.74) is -0.114. The molecule has 0 saturated carbocycles. The number of halogens is 3. The molecule has 94 valence electrons. The van der Waals surface area contributed by atoms with Crippen molar-refractivity contribution in [1.29, 1.82) is 0 Å². The second-order valence-corrected chi connectivity index (χ2v) is 3.81. The Hall–Kier alpha value is -1.72. The van der Waals surface area contributed by atoms with Crippen LogP contribution in [0.1, 0.15) is 12.5 Å². The van der Waals surface area contributed by atoms with Crippen molar-refractivity contribution < 1.29 is 18.0 Å². The number of amides is 1. The first-order valence-electron chi connectivity index (χ1n) is 4.88. The zero-order valence-corrected chi connectivity index (χ0v) is 9.72. The van der Waals surface area contributed by atoms with Crippen molar-refractivity contribution in [2.45, 2.75) is 13.1 Å². The molecule has 0 heterocycles. The molecule has 0 aliphatic heterocycles. The summed E-state index contributed by atoms with van der Waals surface area (Å²) in [6, 6.07) is 3.24. The Morgan fingerprint density at radius 3 is 2.29 bits per heavy atom. The Morgan fingerprint density at radius 1 is 1.29 bits per heavy atom. The standard InChI is InChI=1S/C11H13F3N2O/c1-7(17)15-9-6-8(11(12,13)14)4-5-10(9)16(2)3/h4-6H,1-3H3,(H,15,17). The van der Waals surface area contributed by atoms with Crippen molar-refractivity contribution in [3.05, 3.63) is 23.8 Å². The SMILES string of the molecule is CC(=O)Nc1cc(C(F)(F)F)ccc1N(C)C. The van der Waals surface area contributed by atoms with Gasteiger partial charge in [-0.2, -0.15) is 13.2 Å². The summed E-state index contributed by atoms with van der Waals surface area (Å²) in [6.07, 6.45) is -4.42. The molecule has 0 aliphatic carbocycles. The molecular weight excluding hydrogens is 233 g/mol. The Kier molecular flexibility index (Phi) is 3.65. The molecule has 17 heavy (non-hydrogen) atoms. The van der Waals surface area contributed by atoms with Crippen molar-refractivity contribution >= 4 is 17.3 Å². The molecule has 1 aromatic rings. The smallest absolute Gasteiger partial charge is 0.376 e. The lowest BCUT2D eigenvalue weighted by Crippen LogP contribution is -2.16. The maximum atomic E-state index is 12.5. The van der Waals surface area contributed by atoms with Gasteiger partial charge in [-0.3, -0.25) is 4.79 Å². The summed E-state index contributed by atoms with van der Waals surface area (Å²) < 4.78 is 37.5. The number of alkyl halides is 3. The van der Waals surface area contributed by atoms with Gasteiger partial charge >= 0.3 is 6.18 Å². The molecule has 0 atom stereocenters. The van der Waals surface area contributed by atoms with Crippen LogP contribution in [0.5, 0.6) is 0 Å². The van der Waals surface area contributed by atoms with E-state index in [2.05, 4.69) is 5.32 Å². The predicted molar refractivity (Wildman–Crippen MR) is 60.1 cm³/mol. The highest BCUT2D eigenvalue weighted by molar-refractivity contribution is 5.92. The molecule has 0 saturated heterocycles. The lowest BCUT2D eigenvalue weighted by atomic mass is 10.1. The topological polar surface area (TPSA) is 32.3 Å². The minimum atomic E-state index is -4.42. The number of carbonyl (C=O) groups is 1. The Labute approximate surface area is 97.2 Å². The fourth-order valence-corrected chi connectivity index (χ4v) is 1.39. The van der Waals surface area contributed by atoms with Crippen LogP contribution in [-0.2, 0) is 11.0 Å². The van der Waals surface area contributed by atoms with Crippen molar-refractivity contribution in [1.82, 2.24) is 0 Å². The third-order valence-electron chi connectivity index (χ3n) is 2.12. The first-order chi connectivity index (χ1) is 7.71. The number of nitrogens with one attached hydrogen (secondary N) is 1. The highest BCUT2D eigenvalue weighted by Gasteiger charge is 2.31. The van der Waals surface area contributed by atoms with E-state index in [-0.39, 0.29) is 5.69 Å². The van der Waals surface area contributed by atoms with Crippen molar-refractivity contribution in [2.24, 2.45) is 0 Å². The zero-order valence-electron chi connectivity index (χ0n) is 9.72. The van der Waals surface area contributed by atoms with E-state index in [9.17, 15) is 18.0 Å². The fraction of sp³-hybridized carbons (Fsp3) is 0.364. The van der Waals surface area contributed by atoms with Gasteiger partial charge in [0.1, 0.15) is 0 Å². The maximum absolute atomic E-state index is 12.5. The maximum Gasteiger partial charge on any atom is 0.416 e. The first kappa shape index (κ1) is 13.3. The van der Waals surface area contributed by atoms with E-state index in [0.717, 1.165) is 12.1 Å². The minimum absolute atomic E-state index is 0.150. The molecule has 0 fully saturated rings. The highest BCUT2D eigenvalue weighted by Crippen LogP contribution is 2.34. The molecule has 3 nitrogen and oxygen atoms in total. The van der Waals surface area contributed by atoms with Gasteiger partial charge < -0.3 is 10.2 Å². The van der Waals surface area contributed by atoms with Gasteiger partial charge in [-0.1, -0.05) is 0 Å². The van der Waals surface area contributed by atoms with Crippen LogP contribution in [0.2, 0.25) is 0 Å². The zero-order chi connectivity index (χ0) is 13.2. The first-order valence-corrected chi connectivity index (χ1v) is 4.88. The van der Waals surface area contributed by atoms with E-state index in [0.29, 0.717) is 5.69 Å². The third kappa shape index (κ3) is 3.37. The van der Waals surface area contributed by atoms with Gasteiger partial charge in [-0.25, -0.2) is 0 Å². The second kappa shape index (κ2) is 4.65. The van der Waals surface area contributed by atoms with E-state index >= 15 is 0 Å². The Balaban J connectivity index is 3.24. The van der Waals surface area contributed by atoms with Crippen molar-refractivity contribution in [3.8, 4) is 0 Å². The lowest BCUT2D eigenvalue weighted by molar-refractivity contribution is -0.137. The van der Waals surface area contributed by atoms with Crippen LogP contribution in [0.15, 0.2) is 18.2 Å². The molecule has 1 N–H and O–H groups in total. The van der Waals surface area contributed by atoms with Crippen LogP contribution in [0.3, 0.4) is 0 Å². The number of nitrogens with zero attached hydrogens (tertiary/aromatic N) is 1. The van der Waals surface area contributed by atoms with Crippen molar-refractivity contribution in [3.63, 3.8) is 0 Å². The number of benzene rings is 1. The number of rotatable bonds is 2. The Bertz CT molecular complexity index is 427. The molecule has 0 spiro atoms. The largest absolute Gasteiger partial charge is 0.416 e. The summed E-state index contributed by atoms with van der Waals surface area (Å²) in [5.74, 6) is -0.410. The van der Waals surface area contributed by atoms with Crippen LogP contribution < -0.4 is 10.2 Å². The average molecular weight is 246 g/mol. The molecule has 0 aliphatic rings. The molecule has 1 rings (SSSR count).